The van der Waals surface area contributed by atoms with Gasteiger partial charge >= 0.3 is 0 Å². The van der Waals surface area contributed by atoms with Crippen LogP contribution in [0.3, 0.4) is 0 Å². The van der Waals surface area contributed by atoms with Crippen LogP contribution in [0.2, 0.25) is 0 Å². The molecular weight excluding hydrogens is 272 g/mol. The Hall–Kier alpha value is -1.47. The maximum atomic E-state index is 10.4. The zero-order chi connectivity index (χ0) is 15.1. The van der Waals surface area contributed by atoms with Crippen molar-refractivity contribution in [2.24, 2.45) is 0 Å². The number of aliphatic hydroxyl groups excluding tert-OH is 2. The van der Waals surface area contributed by atoms with Crippen LogP contribution in [0, 0.1) is 13.8 Å². The van der Waals surface area contributed by atoms with Gasteiger partial charge in [0.05, 0.1) is 24.0 Å². The average Bonchev–Trinajstić information content (AvgIpc) is 3.00. The standard InChI is InChI=1S/C15H20N2O4/c1-8-4-10-11(5-9(8)2)17(7-16-10)15-13(19)14(20-3)12(6-18)21-15/h4-5,7,12-15,18-19H,6H2,1-3H3/t12-,13?,14?,15+/m1/s1. The molecule has 2 aromatic rings. The zero-order valence-corrected chi connectivity index (χ0v) is 12.4. The van der Waals surface area contributed by atoms with E-state index in [0.717, 1.165) is 16.6 Å². The number of benzene rings is 1. The molecule has 6 nitrogen and oxygen atoms in total. The molecule has 1 aromatic carbocycles. The highest BCUT2D eigenvalue weighted by Crippen LogP contribution is 2.33. The number of nitrogens with zero attached hydrogens (tertiary/aromatic N) is 2. The van der Waals surface area contributed by atoms with E-state index in [9.17, 15) is 10.2 Å². The van der Waals surface area contributed by atoms with Crippen molar-refractivity contribution in [2.45, 2.75) is 38.4 Å². The van der Waals surface area contributed by atoms with Gasteiger partial charge < -0.3 is 24.3 Å². The zero-order valence-electron chi connectivity index (χ0n) is 12.4. The predicted molar refractivity (Wildman–Crippen MR) is 77.0 cm³/mol. The minimum atomic E-state index is -0.855. The summed E-state index contributed by atoms with van der Waals surface area (Å²) < 4.78 is 12.8. The number of ether oxygens (including phenoxy) is 2. The molecular formula is C15H20N2O4. The van der Waals surface area contributed by atoms with E-state index in [1.165, 1.54) is 12.7 Å². The normalized spacial score (nSPS) is 29.4. The van der Waals surface area contributed by atoms with E-state index in [-0.39, 0.29) is 6.61 Å². The fourth-order valence-electron chi connectivity index (χ4n) is 2.87. The van der Waals surface area contributed by atoms with Crippen molar-refractivity contribution in [3.63, 3.8) is 0 Å². The Morgan fingerprint density at radius 2 is 2.05 bits per heavy atom. The van der Waals surface area contributed by atoms with Gasteiger partial charge in [0.1, 0.15) is 18.3 Å². The molecule has 1 aliphatic heterocycles. The van der Waals surface area contributed by atoms with Crippen molar-refractivity contribution in [1.29, 1.82) is 0 Å². The van der Waals surface area contributed by atoms with Gasteiger partial charge in [-0.15, -0.1) is 0 Å². The van der Waals surface area contributed by atoms with Crippen LogP contribution in [0.1, 0.15) is 17.4 Å². The number of fused-ring (bicyclic) bond motifs is 1. The lowest BCUT2D eigenvalue weighted by atomic mass is 10.1. The fraction of sp³-hybridized carbons (Fsp3) is 0.533. The molecule has 0 saturated carbocycles. The number of aromatic nitrogens is 2. The summed E-state index contributed by atoms with van der Waals surface area (Å²) in [5, 5.41) is 19.7. The maximum absolute atomic E-state index is 10.4. The first-order valence-corrected chi connectivity index (χ1v) is 6.97. The molecule has 21 heavy (non-hydrogen) atoms. The van der Waals surface area contributed by atoms with Gasteiger partial charge in [-0.05, 0) is 37.1 Å². The first kappa shape index (κ1) is 14.5. The molecule has 1 saturated heterocycles. The van der Waals surface area contributed by atoms with E-state index < -0.39 is 24.5 Å². The van der Waals surface area contributed by atoms with Crippen LogP contribution in [-0.4, -0.2) is 51.8 Å². The second kappa shape index (κ2) is 5.38. The smallest absolute Gasteiger partial charge is 0.164 e. The van der Waals surface area contributed by atoms with Crippen molar-refractivity contribution in [3.05, 3.63) is 29.6 Å². The summed E-state index contributed by atoms with van der Waals surface area (Å²) in [7, 11) is 1.50. The molecule has 2 N–H and O–H groups in total. The van der Waals surface area contributed by atoms with Gasteiger partial charge in [0.25, 0.3) is 0 Å². The highest BCUT2D eigenvalue weighted by molar-refractivity contribution is 5.77. The summed E-state index contributed by atoms with van der Waals surface area (Å²) in [6.07, 6.45) is -0.905. The van der Waals surface area contributed by atoms with Crippen LogP contribution in [0.4, 0.5) is 0 Å². The monoisotopic (exact) mass is 292 g/mol. The summed E-state index contributed by atoms with van der Waals surface area (Å²) in [6.45, 7) is 3.88. The van der Waals surface area contributed by atoms with Crippen LogP contribution in [-0.2, 0) is 9.47 Å². The van der Waals surface area contributed by atoms with Crippen LogP contribution < -0.4 is 0 Å². The van der Waals surface area contributed by atoms with Crippen LogP contribution in [0.25, 0.3) is 11.0 Å². The Labute approximate surface area is 122 Å². The number of methoxy groups -OCH3 is 1. The second-order valence-electron chi connectivity index (χ2n) is 5.52. The van der Waals surface area contributed by atoms with Gasteiger partial charge in [-0.2, -0.15) is 0 Å². The van der Waals surface area contributed by atoms with Crippen LogP contribution in [0.5, 0.6) is 0 Å². The Kier molecular flexibility index (Phi) is 3.71. The Bertz CT molecular complexity index is 654. The van der Waals surface area contributed by atoms with Gasteiger partial charge in [0, 0.05) is 7.11 Å². The number of aryl methyl sites for hydroxylation is 2. The quantitative estimate of drug-likeness (QED) is 0.879. The summed E-state index contributed by atoms with van der Waals surface area (Å²) in [5.41, 5.74) is 4.08. The largest absolute Gasteiger partial charge is 0.394 e. The first-order valence-electron chi connectivity index (χ1n) is 6.97. The molecule has 2 heterocycles. The minimum absolute atomic E-state index is 0.198. The van der Waals surface area contributed by atoms with Gasteiger partial charge in [-0.25, -0.2) is 4.98 Å². The molecule has 0 radical (unpaired) electrons. The van der Waals surface area contributed by atoms with Crippen molar-refractivity contribution < 1.29 is 19.7 Å². The second-order valence-corrected chi connectivity index (χ2v) is 5.52. The van der Waals surface area contributed by atoms with Gasteiger partial charge in [0.15, 0.2) is 6.23 Å². The first-order chi connectivity index (χ1) is 10.1. The van der Waals surface area contributed by atoms with E-state index in [4.69, 9.17) is 9.47 Å². The van der Waals surface area contributed by atoms with Gasteiger partial charge in [0.2, 0.25) is 0 Å². The molecule has 1 aliphatic rings. The molecule has 1 aromatic heterocycles. The molecule has 0 amide bonds. The van der Waals surface area contributed by atoms with Crippen molar-refractivity contribution in [1.82, 2.24) is 9.55 Å². The Morgan fingerprint density at radius 3 is 2.67 bits per heavy atom. The SMILES string of the molecule is COC1C(O)[C@@H](n2cnc3cc(C)c(C)cc32)O[C@@H]1CO. The molecule has 114 valence electrons. The van der Waals surface area contributed by atoms with E-state index in [2.05, 4.69) is 4.98 Å². The molecule has 2 unspecified atom stereocenters. The summed E-state index contributed by atoms with van der Waals surface area (Å²) in [4.78, 5) is 4.37. The molecule has 0 spiro atoms. The number of hydrogen-bond donors (Lipinski definition) is 2. The molecule has 4 atom stereocenters. The van der Waals surface area contributed by atoms with E-state index in [1.807, 2.05) is 26.0 Å². The lowest BCUT2D eigenvalue weighted by Gasteiger charge is -2.18. The van der Waals surface area contributed by atoms with Gasteiger partial charge in [-0.1, -0.05) is 0 Å². The third-order valence-electron chi connectivity index (χ3n) is 4.23. The summed E-state index contributed by atoms with van der Waals surface area (Å²) >= 11 is 0. The average molecular weight is 292 g/mol. The van der Waals surface area contributed by atoms with Crippen LogP contribution in [0.15, 0.2) is 18.5 Å². The van der Waals surface area contributed by atoms with Crippen molar-refractivity contribution in [2.75, 3.05) is 13.7 Å². The molecule has 0 bridgehead atoms. The molecule has 3 rings (SSSR count). The number of rotatable bonds is 3. The maximum Gasteiger partial charge on any atom is 0.164 e. The lowest BCUT2D eigenvalue weighted by molar-refractivity contribution is -0.0534. The highest BCUT2D eigenvalue weighted by Gasteiger charge is 2.44. The fourth-order valence-corrected chi connectivity index (χ4v) is 2.87. The summed E-state index contributed by atoms with van der Waals surface area (Å²) in [6, 6.07) is 4.04. The van der Waals surface area contributed by atoms with Crippen molar-refractivity contribution >= 4 is 11.0 Å². The summed E-state index contributed by atoms with van der Waals surface area (Å²) in [5.74, 6) is 0. The Balaban J connectivity index is 2.03. The topological polar surface area (TPSA) is 76.7 Å². The van der Waals surface area contributed by atoms with E-state index in [1.54, 1.807) is 10.9 Å². The van der Waals surface area contributed by atoms with Crippen molar-refractivity contribution in [3.8, 4) is 0 Å². The van der Waals surface area contributed by atoms with E-state index >= 15 is 0 Å². The third kappa shape index (κ3) is 2.24. The minimum Gasteiger partial charge on any atom is -0.394 e. The van der Waals surface area contributed by atoms with Gasteiger partial charge in [-0.3, -0.25) is 0 Å². The Morgan fingerprint density at radius 1 is 1.33 bits per heavy atom. The highest BCUT2D eigenvalue weighted by atomic mass is 16.6. The molecule has 1 fully saturated rings. The number of hydrogen-bond acceptors (Lipinski definition) is 5. The number of aliphatic hydroxyl groups is 2. The third-order valence-corrected chi connectivity index (χ3v) is 4.23. The predicted octanol–water partition coefficient (Wildman–Crippen LogP) is 0.919. The van der Waals surface area contributed by atoms with E-state index in [0.29, 0.717) is 0 Å². The lowest BCUT2D eigenvalue weighted by Crippen LogP contribution is -2.35. The van der Waals surface area contributed by atoms with Crippen LogP contribution >= 0.6 is 0 Å². The molecule has 0 aliphatic carbocycles. The number of imidazole rings is 1. The molecule has 6 heteroatoms.